The molecule has 0 aliphatic heterocycles. The van der Waals surface area contributed by atoms with Gasteiger partial charge in [-0.1, -0.05) is 117 Å². The van der Waals surface area contributed by atoms with Gasteiger partial charge in [0.25, 0.3) is 0 Å². The molecule has 0 spiro atoms. The van der Waals surface area contributed by atoms with Crippen LogP contribution < -0.4 is 5.32 Å². The third-order valence-corrected chi connectivity index (χ3v) is 5.03. The monoisotopic (exact) mass is 369 g/mol. The first-order valence-corrected chi connectivity index (χ1v) is 11.7. The van der Waals surface area contributed by atoms with Crippen LogP contribution in [-0.2, 0) is 4.74 Å². The van der Waals surface area contributed by atoms with Crippen LogP contribution in [0.2, 0.25) is 0 Å². The molecular weight excluding hydrogens is 322 g/mol. The quantitative estimate of drug-likeness (QED) is 0.222. The molecule has 3 heteroatoms. The number of amides is 1. The van der Waals surface area contributed by atoms with Crippen molar-refractivity contribution in [3.8, 4) is 0 Å². The summed E-state index contributed by atoms with van der Waals surface area (Å²) in [4.78, 5) is 11.6. The number of ether oxygens (including phenoxy) is 1. The average Bonchev–Trinajstić information content (AvgIpc) is 2.64. The summed E-state index contributed by atoms with van der Waals surface area (Å²) in [6, 6.07) is 0. The minimum atomic E-state index is -0.233. The van der Waals surface area contributed by atoms with Crippen LogP contribution in [0.3, 0.4) is 0 Å². The minimum absolute atomic E-state index is 0.233. The highest BCUT2D eigenvalue weighted by Gasteiger charge is 2.00. The molecule has 0 rings (SSSR count). The lowest BCUT2D eigenvalue weighted by atomic mass is 10.1. The van der Waals surface area contributed by atoms with Crippen molar-refractivity contribution in [1.29, 1.82) is 0 Å². The van der Waals surface area contributed by atoms with E-state index in [1.165, 1.54) is 103 Å². The highest BCUT2D eigenvalue weighted by molar-refractivity contribution is 5.66. The molecule has 0 fully saturated rings. The van der Waals surface area contributed by atoms with Crippen molar-refractivity contribution in [3.05, 3.63) is 0 Å². The van der Waals surface area contributed by atoms with Gasteiger partial charge in [-0.2, -0.15) is 0 Å². The van der Waals surface area contributed by atoms with E-state index in [2.05, 4.69) is 19.2 Å². The van der Waals surface area contributed by atoms with E-state index >= 15 is 0 Å². The van der Waals surface area contributed by atoms with Gasteiger partial charge in [0.15, 0.2) is 0 Å². The summed E-state index contributed by atoms with van der Waals surface area (Å²) >= 11 is 0. The Morgan fingerprint density at radius 2 is 0.962 bits per heavy atom. The van der Waals surface area contributed by atoms with Crippen molar-refractivity contribution in [3.63, 3.8) is 0 Å². The van der Waals surface area contributed by atoms with E-state index in [0.717, 1.165) is 19.4 Å². The molecule has 0 aliphatic carbocycles. The predicted molar refractivity (Wildman–Crippen MR) is 114 cm³/mol. The highest BCUT2D eigenvalue weighted by Crippen LogP contribution is 2.10. The molecule has 26 heavy (non-hydrogen) atoms. The van der Waals surface area contributed by atoms with E-state index in [1.54, 1.807) is 0 Å². The third kappa shape index (κ3) is 21.3. The van der Waals surface area contributed by atoms with Crippen LogP contribution >= 0.6 is 0 Å². The molecule has 0 saturated heterocycles. The summed E-state index contributed by atoms with van der Waals surface area (Å²) in [5.41, 5.74) is 0. The zero-order chi connectivity index (χ0) is 19.1. The number of hydrogen-bond donors (Lipinski definition) is 1. The van der Waals surface area contributed by atoms with Gasteiger partial charge >= 0.3 is 6.09 Å². The first kappa shape index (κ1) is 25.3. The van der Waals surface area contributed by atoms with E-state index in [0.29, 0.717) is 6.61 Å². The van der Waals surface area contributed by atoms with E-state index in [1.807, 2.05) is 0 Å². The lowest BCUT2D eigenvalue weighted by Crippen LogP contribution is -2.25. The van der Waals surface area contributed by atoms with Gasteiger partial charge in [-0.05, 0) is 12.8 Å². The molecular formula is C23H47NO2. The number of carbonyl (C=O) groups is 1. The first-order valence-electron chi connectivity index (χ1n) is 11.7. The van der Waals surface area contributed by atoms with E-state index in [-0.39, 0.29) is 6.09 Å². The van der Waals surface area contributed by atoms with Crippen molar-refractivity contribution in [1.82, 2.24) is 5.32 Å². The first-order chi connectivity index (χ1) is 12.8. The molecule has 0 aromatic rings. The van der Waals surface area contributed by atoms with E-state index in [4.69, 9.17) is 4.74 Å². The molecule has 0 aromatic heterocycles. The Hall–Kier alpha value is -0.730. The molecule has 0 heterocycles. The number of hydrogen-bond acceptors (Lipinski definition) is 2. The lowest BCUT2D eigenvalue weighted by molar-refractivity contribution is 0.143. The molecule has 0 unspecified atom stereocenters. The maximum absolute atomic E-state index is 11.6. The van der Waals surface area contributed by atoms with Gasteiger partial charge in [0.05, 0.1) is 6.61 Å². The van der Waals surface area contributed by atoms with Gasteiger partial charge in [0.2, 0.25) is 0 Å². The zero-order valence-electron chi connectivity index (χ0n) is 18.0. The van der Waals surface area contributed by atoms with Crippen LogP contribution in [0.1, 0.15) is 129 Å². The van der Waals surface area contributed by atoms with Gasteiger partial charge in [-0.15, -0.1) is 0 Å². The minimum Gasteiger partial charge on any atom is -0.450 e. The smallest absolute Gasteiger partial charge is 0.407 e. The molecule has 1 N–H and O–H groups in total. The van der Waals surface area contributed by atoms with Crippen molar-refractivity contribution < 1.29 is 9.53 Å². The van der Waals surface area contributed by atoms with Crippen molar-refractivity contribution >= 4 is 6.09 Å². The molecule has 0 aromatic carbocycles. The summed E-state index contributed by atoms with van der Waals surface area (Å²) in [6.07, 6.45) is 23.1. The largest absolute Gasteiger partial charge is 0.450 e. The number of rotatable bonds is 20. The predicted octanol–water partition coefficient (Wildman–Crippen LogP) is 7.77. The van der Waals surface area contributed by atoms with Gasteiger partial charge in [0.1, 0.15) is 0 Å². The summed E-state index contributed by atoms with van der Waals surface area (Å²) in [5.74, 6) is 0. The summed E-state index contributed by atoms with van der Waals surface area (Å²) in [6.45, 7) is 5.84. The molecule has 0 radical (unpaired) electrons. The molecule has 0 saturated carbocycles. The second-order valence-corrected chi connectivity index (χ2v) is 7.72. The molecule has 0 atom stereocenters. The molecule has 156 valence electrons. The van der Waals surface area contributed by atoms with Gasteiger partial charge in [0, 0.05) is 6.54 Å². The maximum Gasteiger partial charge on any atom is 0.407 e. The number of nitrogens with one attached hydrogen (secondary N) is 1. The van der Waals surface area contributed by atoms with Crippen molar-refractivity contribution in [2.45, 2.75) is 129 Å². The van der Waals surface area contributed by atoms with Crippen LogP contribution in [0.4, 0.5) is 4.79 Å². The zero-order valence-corrected chi connectivity index (χ0v) is 18.0. The van der Waals surface area contributed by atoms with Crippen molar-refractivity contribution in [2.75, 3.05) is 13.2 Å². The Morgan fingerprint density at radius 3 is 1.42 bits per heavy atom. The lowest BCUT2D eigenvalue weighted by Gasteiger charge is -2.07. The van der Waals surface area contributed by atoms with Crippen molar-refractivity contribution in [2.24, 2.45) is 0 Å². The number of alkyl carbamates (subject to hydrolysis) is 1. The van der Waals surface area contributed by atoms with Gasteiger partial charge in [-0.3, -0.25) is 0 Å². The number of unbranched alkanes of at least 4 members (excludes halogenated alkanes) is 16. The molecule has 1 amide bonds. The fraction of sp³-hybridized carbons (Fsp3) is 0.957. The topological polar surface area (TPSA) is 38.3 Å². The second kappa shape index (κ2) is 22.3. The van der Waals surface area contributed by atoms with E-state index < -0.39 is 0 Å². The van der Waals surface area contributed by atoms with Gasteiger partial charge < -0.3 is 10.1 Å². The Labute approximate surface area is 164 Å². The van der Waals surface area contributed by atoms with Crippen LogP contribution in [0.5, 0.6) is 0 Å². The standard InChI is InChI=1S/C23H47NO2/c1-3-5-7-9-11-13-14-16-18-20-22-26-23(25)24-21-19-17-15-12-10-8-6-4-2/h3-22H2,1-2H3,(H,24,25). The Kier molecular flexibility index (Phi) is 21.7. The fourth-order valence-electron chi connectivity index (χ4n) is 3.25. The van der Waals surface area contributed by atoms with Crippen LogP contribution in [0.15, 0.2) is 0 Å². The van der Waals surface area contributed by atoms with Gasteiger partial charge in [-0.25, -0.2) is 4.79 Å². The SMILES string of the molecule is CCCCCCCCCCCCOC(=O)NCCCCCCCCCC. The average molecular weight is 370 g/mol. The summed E-state index contributed by atoms with van der Waals surface area (Å²) in [5, 5.41) is 2.87. The molecule has 0 bridgehead atoms. The van der Waals surface area contributed by atoms with Crippen LogP contribution in [0.25, 0.3) is 0 Å². The third-order valence-electron chi connectivity index (χ3n) is 5.03. The molecule has 3 nitrogen and oxygen atoms in total. The number of carbonyl (C=O) groups excluding carboxylic acids is 1. The fourth-order valence-corrected chi connectivity index (χ4v) is 3.25. The van der Waals surface area contributed by atoms with E-state index in [9.17, 15) is 4.79 Å². The Morgan fingerprint density at radius 1 is 0.577 bits per heavy atom. The normalized spacial score (nSPS) is 10.8. The Balaban J connectivity index is 3.13. The van der Waals surface area contributed by atoms with Crippen LogP contribution in [-0.4, -0.2) is 19.2 Å². The molecule has 0 aliphatic rings. The summed E-state index contributed by atoms with van der Waals surface area (Å²) in [7, 11) is 0. The van der Waals surface area contributed by atoms with Crippen LogP contribution in [0, 0.1) is 0 Å². The summed E-state index contributed by atoms with van der Waals surface area (Å²) < 4.78 is 5.24. The maximum atomic E-state index is 11.6. The second-order valence-electron chi connectivity index (χ2n) is 7.72. The highest BCUT2D eigenvalue weighted by atomic mass is 16.5. The Bertz CT molecular complexity index is 281.